The number of nitrogens with one attached hydrogen (secondary N) is 1. The van der Waals surface area contributed by atoms with Crippen LogP contribution in [0.1, 0.15) is 25.7 Å². The molecule has 0 saturated heterocycles. The van der Waals surface area contributed by atoms with Crippen LogP contribution in [-0.4, -0.2) is 32.7 Å². The molecule has 5 N–H and O–H groups in total. The molecular weight excluding hydrogens is 320 g/mol. The van der Waals surface area contributed by atoms with Gasteiger partial charge in [0, 0.05) is 24.8 Å². The fraction of sp³-hybridized carbons (Fsp3) is 0.500. The molecule has 2 rings (SSSR count). The van der Waals surface area contributed by atoms with Gasteiger partial charge in [0.1, 0.15) is 0 Å². The Morgan fingerprint density at radius 3 is 2.36 bits per heavy atom. The quantitative estimate of drug-likeness (QED) is 0.688. The fourth-order valence-electron chi connectivity index (χ4n) is 2.62. The third-order valence-corrected chi connectivity index (χ3v) is 5.03. The van der Waals surface area contributed by atoms with Crippen molar-refractivity contribution >= 4 is 33.0 Å². The summed E-state index contributed by atoms with van der Waals surface area (Å²) in [4.78, 5) is 1.97. The molecule has 0 heterocycles. The summed E-state index contributed by atoms with van der Waals surface area (Å²) in [7, 11) is -3.69. The monoisotopic (exact) mass is 342 g/mol. The predicted molar refractivity (Wildman–Crippen MR) is 92.2 cm³/mol. The van der Waals surface area contributed by atoms with Crippen molar-refractivity contribution in [2.45, 2.75) is 36.6 Å². The zero-order chi connectivity index (χ0) is 16.2. The van der Waals surface area contributed by atoms with Crippen LogP contribution in [0.3, 0.4) is 0 Å². The maximum Gasteiger partial charge on any atom is 0.238 e. The van der Waals surface area contributed by atoms with E-state index in [1.807, 2.05) is 4.90 Å². The topological polar surface area (TPSA) is 101 Å². The summed E-state index contributed by atoms with van der Waals surface area (Å²) in [6.07, 6.45) is 4.70. The first-order valence-corrected chi connectivity index (χ1v) is 9.28. The van der Waals surface area contributed by atoms with E-state index in [0.29, 0.717) is 24.2 Å². The highest BCUT2D eigenvalue weighted by atomic mass is 32.2. The van der Waals surface area contributed by atoms with E-state index in [2.05, 4.69) is 5.32 Å². The van der Waals surface area contributed by atoms with E-state index in [0.717, 1.165) is 18.5 Å². The number of nitrogens with zero attached hydrogens (tertiary/aromatic N) is 1. The maximum atomic E-state index is 11.3. The lowest BCUT2D eigenvalue weighted by atomic mass is 10.2. The summed E-state index contributed by atoms with van der Waals surface area (Å²) in [6.45, 7) is 1.01. The number of thiocarbonyl (C=S) groups is 1. The second-order valence-electron chi connectivity index (χ2n) is 5.41. The summed E-state index contributed by atoms with van der Waals surface area (Å²) < 4.78 is 22.6. The lowest BCUT2D eigenvalue weighted by Crippen LogP contribution is -2.45. The Morgan fingerprint density at radius 1 is 1.27 bits per heavy atom. The fourth-order valence-corrected chi connectivity index (χ4v) is 3.49. The molecule has 0 bridgehead atoms. The summed E-state index contributed by atoms with van der Waals surface area (Å²) >= 11 is 5.48. The predicted octanol–water partition coefficient (Wildman–Crippen LogP) is 0.916. The van der Waals surface area contributed by atoms with Crippen molar-refractivity contribution in [3.8, 4) is 0 Å². The van der Waals surface area contributed by atoms with Gasteiger partial charge in [0.25, 0.3) is 0 Å². The number of anilines is 1. The summed E-state index contributed by atoms with van der Waals surface area (Å²) in [5.74, 6) is 0. The molecule has 1 aromatic carbocycles. The van der Waals surface area contributed by atoms with Crippen LogP contribution in [-0.2, 0) is 10.0 Å². The first-order valence-electron chi connectivity index (χ1n) is 7.33. The van der Waals surface area contributed by atoms with E-state index < -0.39 is 10.0 Å². The van der Waals surface area contributed by atoms with Crippen molar-refractivity contribution in [3.05, 3.63) is 24.3 Å². The number of sulfonamides is 1. The van der Waals surface area contributed by atoms with Crippen molar-refractivity contribution in [2.75, 3.05) is 18.0 Å². The number of hydrogen-bond acceptors (Lipinski definition) is 4. The standard InChI is InChI=1S/C14H22N4O2S2/c15-9-10-18(14(21)17-11-3-1-2-4-11)12-5-7-13(8-6-12)22(16,19)20/h5-8,11H,1-4,9-10,15H2,(H,17,21)(H2,16,19,20). The van der Waals surface area contributed by atoms with Crippen molar-refractivity contribution in [3.63, 3.8) is 0 Å². The molecule has 1 aliphatic rings. The van der Waals surface area contributed by atoms with E-state index in [-0.39, 0.29) is 4.90 Å². The van der Waals surface area contributed by atoms with Crippen LogP contribution >= 0.6 is 12.2 Å². The summed E-state index contributed by atoms with van der Waals surface area (Å²) in [6, 6.07) is 6.76. The van der Waals surface area contributed by atoms with Crippen molar-refractivity contribution < 1.29 is 8.42 Å². The highest BCUT2D eigenvalue weighted by molar-refractivity contribution is 7.89. The molecule has 122 valence electrons. The molecule has 0 spiro atoms. The molecule has 0 radical (unpaired) electrons. The molecule has 1 aliphatic carbocycles. The van der Waals surface area contributed by atoms with Gasteiger partial charge in [0.2, 0.25) is 10.0 Å². The van der Waals surface area contributed by atoms with E-state index in [4.69, 9.17) is 23.1 Å². The molecule has 0 atom stereocenters. The molecular formula is C14H22N4O2S2. The highest BCUT2D eigenvalue weighted by Crippen LogP contribution is 2.20. The number of nitrogens with two attached hydrogens (primary N) is 2. The Morgan fingerprint density at radius 2 is 1.86 bits per heavy atom. The third-order valence-electron chi connectivity index (χ3n) is 3.76. The lowest BCUT2D eigenvalue weighted by Gasteiger charge is -2.27. The lowest BCUT2D eigenvalue weighted by molar-refractivity contribution is 0.598. The van der Waals surface area contributed by atoms with Gasteiger partial charge in [-0.3, -0.25) is 0 Å². The first kappa shape index (κ1) is 17.1. The van der Waals surface area contributed by atoms with Gasteiger partial charge in [-0.05, 0) is 49.3 Å². The highest BCUT2D eigenvalue weighted by Gasteiger charge is 2.19. The Hall–Kier alpha value is -1.22. The first-order chi connectivity index (χ1) is 10.4. The molecule has 6 nitrogen and oxygen atoms in total. The molecule has 8 heteroatoms. The minimum absolute atomic E-state index is 0.0821. The van der Waals surface area contributed by atoms with Crippen LogP contribution in [0.2, 0.25) is 0 Å². The Balaban J connectivity index is 2.14. The number of primary sulfonamides is 1. The Kier molecular flexibility index (Phi) is 5.74. The van der Waals surface area contributed by atoms with Gasteiger partial charge in [0.05, 0.1) is 4.90 Å². The van der Waals surface area contributed by atoms with Crippen LogP contribution in [0.25, 0.3) is 0 Å². The average Bonchev–Trinajstić information content (AvgIpc) is 2.96. The number of rotatable bonds is 5. The van der Waals surface area contributed by atoms with Gasteiger partial charge in [-0.15, -0.1) is 0 Å². The molecule has 0 aromatic heterocycles. The SMILES string of the molecule is NCCN(C(=S)NC1CCCC1)c1ccc(S(N)(=O)=O)cc1. The summed E-state index contributed by atoms with van der Waals surface area (Å²) in [5, 5.41) is 9.10. The molecule has 0 amide bonds. The van der Waals surface area contributed by atoms with Gasteiger partial charge in [-0.2, -0.15) is 0 Å². The minimum atomic E-state index is -3.69. The second kappa shape index (κ2) is 7.36. The number of hydrogen-bond donors (Lipinski definition) is 3. The number of benzene rings is 1. The van der Waals surface area contributed by atoms with Crippen molar-refractivity contribution in [1.29, 1.82) is 0 Å². The molecule has 1 aromatic rings. The molecule has 1 saturated carbocycles. The Bertz CT molecular complexity index is 610. The molecule has 0 aliphatic heterocycles. The van der Waals surface area contributed by atoms with Crippen LogP contribution in [0, 0.1) is 0 Å². The largest absolute Gasteiger partial charge is 0.360 e. The molecule has 22 heavy (non-hydrogen) atoms. The Labute approximate surface area is 136 Å². The van der Waals surface area contributed by atoms with E-state index >= 15 is 0 Å². The van der Waals surface area contributed by atoms with Crippen molar-refractivity contribution in [1.82, 2.24) is 5.32 Å². The maximum absolute atomic E-state index is 11.3. The van der Waals surface area contributed by atoms with E-state index in [9.17, 15) is 8.42 Å². The van der Waals surface area contributed by atoms with Gasteiger partial charge in [0.15, 0.2) is 5.11 Å². The van der Waals surface area contributed by atoms with Crippen LogP contribution in [0.4, 0.5) is 5.69 Å². The third kappa shape index (κ3) is 4.39. The smallest absolute Gasteiger partial charge is 0.238 e. The van der Waals surface area contributed by atoms with Gasteiger partial charge in [-0.1, -0.05) is 12.8 Å². The molecule has 0 unspecified atom stereocenters. The second-order valence-corrected chi connectivity index (χ2v) is 7.36. The van der Waals surface area contributed by atoms with Gasteiger partial charge >= 0.3 is 0 Å². The normalized spacial score (nSPS) is 15.7. The van der Waals surface area contributed by atoms with Crippen LogP contribution in [0.15, 0.2) is 29.2 Å². The van der Waals surface area contributed by atoms with E-state index in [1.54, 1.807) is 12.1 Å². The van der Waals surface area contributed by atoms with E-state index in [1.165, 1.54) is 25.0 Å². The zero-order valence-corrected chi connectivity index (χ0v) is 14.0. The zero-order valence-electron chi connectivity index (χ0n) is 12.4. The van der Waals surface area contributed by atoms with Crippen molar-refractivity contribution in [2.24, 2.45) is 10.9 Å². The molecule has 1 fully saturated rings. The van der Waals surface area contributed by atoms with Gasteiger partial charge in [-0.25, -0.2) is 13.6 Å². The van der Waals surface area contributed by atoms with Crippen LogP contribution in [0.5, 0.6) is 0 Å². The minimum Gasteiger partial charge on any atom is -0.360 e. The average molecular weight is 342 g/mol. The van der Waals surface area contributed by atoms with Gasteiger partial charge < -0.3 is 16.0 Å². The van der Waals surface area contributed by atoms with Crippen LogP contribution < -0.4 is 21.1 Å². The summed E-state index contributed by atoms with van der Waals surface area (Å²) in [5.41, 5.74) is 6.47.